The zero-order valence-electron chi connectivity index (χ0n) is 14.3. The zero-order chi connectivity index (χ0) is 18.7. The van der Waals surface area contributed by atoms with Crippen LogP contribution >= 0.6 is 11.3 Å². The average Bonchev–Trinajstić information content (AvgIpc) is 3.12. The number of hydrogen-bond donors (Lipinski definition) is 1. The number of carbonyl (C=O) groups is 1. The van der Waals surface area contributed by atoms with Crippen molar-refractivity contribution in [3.8, 4) is 0 Å². The van der Waals surface area contributed by atoms with E-state index in [-0.39, 0.29) is 21.6 Å². The van der Waals surface area contributed by atoms with Gasteiger partial charge in [-0.05, 0) is 43.7 Å². The first kappa shape index (κ1) is 18.2. The first-order valence-electron chi connectivity index (χ1n) is 7.83. The Morgan fingerprint density at radius 2 is 1.65 bits per heavy atom. The van der Waals surface area contributed by atoms with Crippen LogP contribution in [0, 0.1) is 13.8 Å². The number of sulfone groups is 1. The van der Waals surface area contributed by atoms with Crippen molar-refractivity contribution >= 4 is 27.1 Å². The third-order valence-electron chi connectivity index (χ3n) is 3.64. The fourth-order valence-corrected chi connectivity index (χ4v) is 4.80. The van der Waals surface area contributed by atoms with E-state index in [4.69, 9.17) is 0 Å². The molecule has 1 aromatic carbocycles. The number of hydrogen-bond acceptors (Lipinski definition) is 6. The largest absolute Gasteiger partial charge is 0.344 e. The second kappa shape index (κ2) is 7.35. The van der Waals surface area contributed by atoms with Gasteiger partial charge in [-0.2, -0.15) is 0 Å². The van der Waals surface area contributed by atoms with Gasteiger partial charge in [0.2, 0.25) is 9.84 Å². The third kappa shape index (κ3) is 3.97. The van der Waals surface area contributed by atoms with Gasteiger partial charge in [-0.3, -0.25) is 4.79 Å². The van der Waals surface area contributed by atoms with Crippen molar-refractivity contribution in [2.45, 2.75) is 29.5 Å². The Hall–Kier alpha value is -2.58. The van der Waals surface area contributed by atoms with Crippen molar-refractivity contribution < 1.29 is 13.2 Å². The molecule has 0 bridgehead atoms. The summed E-state index contributed by atoms with van der Waals surface area (Å²) in [7, 11) is -3.63. The molecule has 6 nitrogen and oxygen atoms in total. The molecule has 134 valence electrons. The molecule has 1 amide bonds. The second-order valence-electron chi connectivity index (χ2n) is 5.79. The van der Waals surface area contributed by atoms with Gasteiger partial charge in [-0.15, -0.1) is 11.3 Å². The molecule has 0 spiro atoms. The molecule has 0 saturated heterocycles. The zero-order valence-corrected chi connectivity index (χ0v) is 15.9. The summed E-state index contributed by atoms with van der Waals surface area (Å²) in [4.78, 5) is 21.0. The summed E-state index contributed by atoms with van der Waals surface area (Å²) in [6, 6.07) is 9.59. The van der Waals surface area contributed by atoms with E-state index >= 15 is 0 Å². The van der Waals surface area contributed by atoms with Gasteiger partial charge in [0, 0.05) is 12.4 Å². The van der Waals surface area contributed by atoms with Crippen molar-refractivity contribution in [3.05, 3.63) is 70.6 Å². The highest BCUT2D eigenvalue weighted by molar-refractivity contribution is 7.93. The minimum absolute atomic E-state index is 0.137. The molecule has 8 heteroatoms. The SMILES string of the molecule is Cc1ccc(S(=O)(=O)c2ccc(C(=O)NCc3ncc(C)cn3)s2)cc1. The summed E-state index contributed by atoms with van der Waals surface area (Å²) in [5, 5.41) is 2.70. The maximum atomic E-state index is 12.7. The Kier molecular flexibility index (Phi) is 5.15. The van der Waals surface area contributed by atoms with Gasteiger partial charge in [0.15, 0.2) is 0 Å². The van der Waals surface area contributed by atoms with Crippen LogP contribution in [0.3, 0.4) is 0 Å². The number of benzene rings is 1. The molecule has 0 aliphatic rings. The van der Waals surface area contributed by atoms with Gasteiger partial charge in [0.05, 0.1) is 16.3 Å². The molecule has 3 rings (SSSR count). The Bertz CT molecular complexity index is 1020. The molecular formula is C18H17N3O3S2. The van der Waals surface area contributed by atoms with E-state index in [1.54, 1.807) is 36.7 Å². The highest BCUT2D eigenvalue weighted by Gasteiger charge is 2.21. The molecule has 2 heterocycles. The van der Waals surface area contributed by atoms with Crippen LogP contribution in [-0.4, -0.2) is 24.3 Å². The van der Waals surface area contributed by atoms with E-state index in [9.17, 15) is 13.2 Å². The second-order valence-corrected chi connectivity index (χ2v) is 9.05. The van der Waals surface area contributed by atoms with Crippen molar-refractivity contribution in [2.24, 2.45) is 0 Å². The minimum atomic E-state index is -3.63. The number of thiophene rings is 1. The standard InChI is InChI=1S/C18H17N3O3S2/c1-12-3-5-14(6-4-12)26(23,24)17-8-7-15(25-17)18(22)21-11-16-19-9-13(2)10-20-16/h3-10H,11H2,1-2H3,(H,21,22). The number of carbonyl (C=O) groups excluding carboxylic acids is 1. The van der Waals surface area contributed by atoms with Gasteiger partial charge >= 0.3 is 0 Å². The van der Waals surface area contributed by atoms with Gasteiger partial charge in [0.25, 0.3) is 5.91 Å². The van der Waals surface area contributed by atoms with E-state index in [0.717, 1.165) is 22.5 Å². The Morgan fingerprint density at radius 1 is 1.00 bits per heavy atom. The molecular weight excluding hydrogens is 370 g/mol. The first-order chi connectivity index (χ1) is 12.4. The van der Waals surface area contributed by atoms with Crippen LogP contribution in [0.25, 0.3) is 0 Å². The van der Waals surface area contributed by atoms with Crippen molar-refractivity contribution in [1.82, 2.24) is 15.3 Å². The van der Waals surface area contributed by atoms with Crippen LogP contribution in [0.5, 0.6) is 0 Å². The topological polar surface area (TPSA) is 89.0 Å². The number of nitrogens with zero attached hydrogens (tertiary/aromatic N) is 2. The van der Waals surface area contributed by atoms with E-state index in [2.05, 4.69) is 15.3 Å². The fourth-order valence-electron chi connectivity index (χ4n) is 2.18. The molecule has 1 N–H and O–H groups in total. The summed E-state index contributed by atoms with van der Waals surface area (Å²) in [6.45, 7) is 3.95. The summed E-state index contributed by atoms with van der Waals surface area (Å²) in [5.74, 6) is 0.137. The first-order valence-corrected chi connectivity index (χ1v) is 10.1. The molecule has 0 aliphatic carbocycles. The highest BCUT2D eigenvalue weighted by Crippen LogP contribution is 2.28. The van der Waals surface area contributed by atoms with Gasteiger partial charge in [-0.1, -0.05) is 17.7 Å². The average molecular weight is 387 g/mol. The molecule has 0 fully saturated rings. The van der Waals surface area contributed by atoms with Crippen LogP contribution in [-0.2, 0) is 16.4 Å². The van der Waals surface area contributed by atoms with Gasteiger partial charge < -0.3 is 5.32 Å². The van der Waals surface area contributed by atoms with E-state index < -0.39 is 9.84 Å². The molecule has 0 unspecified atom stereocenters. The van der Waals surface area contributed by atoms with E-state index in [1.165, 1.54) is 12.1 Å². The van der Waals surface area contributed by atoms with Crippen LogP contribution < -0.4 is 5.32 Å². The van der Waals surface area contributed by atoms with Crippen molar-refractivity contribution in [1.29, 1.82) is 0 Å². The molecule has 0 aliphatic heterocycles. The number of amides is 1. The van der Waals surface area contributed by atoms with Crippen LogP contribution in [0.15, 0.2) is 57.9 Å². The summed E-state index contributed by atoms with van der Waals surface area (Å²) in [5.41, 5.74) is 1.91. The summed E-state index contributed by atoms with van der Waals surface area (Å²) in [6.07, 6.45) is 3.35. The predicted octanol–water partition coefficient (Wildman–Crippen LogP) is 2.92. The van der Waals surface area contributed by atoms with E-state index in [0.29, 0.717) is 10.7 Å². The smallest absolute Gasteiger partial charge is 0.261 e. The predicted molar refractivity (Wildman–Crippen MR) is 98.9 cm³/mol. The molecule has 3 aromatic rings. The number of nitrogens with one attached hydrogen (secondary N) is 1. The number of aromatic nitrogens is 2. The lowest BCUT2D eigenvalue weighted by Crippen LogP contribution is -2.23. The summed E-state index contributed by atoms with van der Waals surface area (Å²) < 4.78 is 25.4. The van der Waals surface area contributed by atoms with Gasteiger partial charge in [0.1, 0.15) is 10.0 Å². The summed E-state index contributed by atoms with van der Waals surface area (Å²) >= 11 is 0.944. The number of rotatable bonds is 5. The number of aryl methyl sites for hydroxylation is 2. The van der Waals surface area contributed by atoms with E-state index in [1.807, 2.05) is 13.8 Å². The highest BCUT2D eigenvalue weighted by atomic mass is 32.2. The maximum absolute atomic E-state index is 12.7. The monoisotopic (exact) mass is 387 g/mol. The van der Waals surface area contributed by atoms with Crippen LogP contribution in [0.4, 0.5) is 0 Å². The maximum Gasteiger partial charge on any atom is 0.261 e. The quantitative estimate of drug-likeness (QED) is 0.727. The molecule has 0 saturated carbocycles. The normalized spacial score (nSPS) is 11.3. The Morgan fingerprint density at radius 3 is 2.31 bits per heavy atom. The fraction of sp³-hybridized carbons (Fsp3) is 0.167. The third-order valence-corrected chi connectivity index (χ3v) is 6.99. The molecule has 0 radical (unpaired) electrons. The Balaban J connectivity index is 1.73. The Labute approximate surface area is 155 Å². The lowest BCUT2D eigenvalue weighted by Gasteiger charge is -2.03. The van der Waals surface area contributed by atoms with Crippen LogP contribution in [0.2, 0.25) is 0 Å². The minimum Gasteiger partial charge on any atom is -0.344 e. The lowest BCUT2D eigenvalue weighted by molar-refractivity contribution is 0.0954. The lowest BCUT2D eigenvalue weighted by atomic mass is 10.2. The van der Waals surface area contributed by atoms with Gasteiger partial charge in [-0.25, -0.2) is 18.4 Å². The molecule has 2 aromatic heterocycles. The van der Waals surface area contributed by atoms with Crippen LogP contribution in [0.1, 0.15) is 26.6 Å². The molecule has 0 atom stereocenters. The van der Waals surface area contributed by atoms with Crippen molar-refractivity contribution in [3.63, 3.8) is 0 Å². The molecule has 26 heavy (non-hydrogen) atoms. The van der Waals surface area contributed by atoms with Crippen molar-refractivity contribution in [2.75, 3.05) is 0 Å².